The molecule has 0 bridgehead atoms. The lowest BCUT2D eigenvalue weighted by Crippen LogP contribution is -2.31. The minimum absolute atomic E-state index is 0.104. The summed E-state index contributed by atoms with van der Waals surface area (Å²) in [7, 11) is 0. The van der Waals surface area contributed by atoms with E-state index < -0.39 is 6.10 Å². The van der Waals surface area contributed by atoms with Crippen molar-refractivity contribution in [2.24, 2.45) is 0 Å². The van der Waals surface area contributed by atoms with Crippen LogP contribution in [0.3, 0.4) is 0 Å². The lowest BCUT2D eigenvalue weighted by Gasteiger charge is -2.15. The molecule has 5 nitrogen and oxygen atoms in total. The highest BCUT2D eigenvalue weighted by molar-refractivity contribution is 5.91. The van der Waals surface area contributed by atoms with E-state index in [2.05, 4.69) is 5.32 Å². The molecule has 2 rings (SSSR count). The van der Waals surface area contributed by atoms with Gasteiger partial charge in [0.2, 0.25) is 0 Å². The molecule has 0 aliphatic carbocycles. The Labute approximate surface area is 99.1 Å². The van der Waals surface area contributed by atoms with Crippen LogP contribution in [0.2, 0.25) is 0 Å². The molecule has 2 heterocycles. The monoisotopic (exact) mass is 237 g/mol. The summed E-state index contributed by atoms with van der Waals surface area (Å²) in [5, 5.41) is 12.3. The van der Waals surface area contributed by atoms with Gasteiger partial charge in [-0.25, -0.2) is 0 Å². The minimum Gasteiger partial charge on any atom is -0.488 e. The van der Waals surface area contributed by atoms with E-state index in [1.165, 1.54) is 6.26 Å². The summed E-state index contributed by atoms with van der Waals surface area (Å²) in [4.78, 5) is 11.6. The summed E-state index contributed by atoms with van der Waals surface area (Å²) in [6.45, 7) is 0.674. The van der Waals surface area contributed by atoms with Gasteiger partial charge >= 0.3 is 0 Å². The maximum absolute atomic E-state index is 11.6. The Kier molecular flexibility index (Phi) is 3.82. The predicted molar refractivity (Wildman–Crippen MR) is 59.9 cm³/mol. The fraction of sp³-hybridized carbons (Fsp3) is 0.417. The number of amides is 1. The van der Waals surface area contributed by atoms with Gasteiger partial charge in [0.05, 0.1) is 19.4 Å². The summed E-state index contributed by atoms with van der Waals surface area (Å²) >= 11 is 0. The number of aliphatic hydroxyl groups is 1. The zero-order valence-corrected chi connectivity index (χ0v) is 9.39. The molecule has 1 unspecified atom stereocenters. The van der Waals surface area contributed by atoms with E-state index in [1.807, 2.05) is 0 Å². The second-order valence-corrected chi connectivity index (χ2v) is 3.80. The molecular formula is C12H15NO4. The Morgan fingerprint density at radius 2 is 2.47 bits per heavy atom. The first-order chi connectivity index (χ1) is 8.27. The Morgan fingerprint density at radius 1 is 1.59 bits per heavy atom. The van der Waals surface area contributed by atoms with Crippen LogP contribution in [0.5, 0.6) is 0 Å². The van der Waals surface area contributed by atoms with E-state index in [9.17, 15) is 9.90 Å². The van der Waals surface area contributed by atoms with E-state index in [0.29, 0.717) is 18.1 Å². The average molecular weight is 237 g/mol. The average Bonchev–Trinajstić information content (AvgIpc) is 2.90. The third-order valence-electron chi connectivity index (χ3n) is 2.49. The largest absolute Gasteiger partial charge is 0.488 e. The van der Waals surface area contributed by atoms with Gasteiger partial charge in [-0.15, -0.1) is 0 Å². The lowest BCUT2D eigenvalue weighted by atomic mass is 10.2. The van der Waals surface area contributed by atoms with Crippen molar-refractivity contribution in [3.05, 3.63) is 36.0 Å². The van der Waals surface area contributed by atoms with Crippen molar-refractivity contribution in [1.29, 1.82) is 0 Å². The highest BCUT2D eigenvalue weighted by Gasteiger charge is 2.16. The first kappa shape index (κ1) is 11.7. The normalized spacial score (nSPS) is 16.9. The standard InChI is InChI=1S/C12H15NO4/c14-9(10-5-3-7-16-10)8-13-12(15)11-4-1-2-6-17-11/h3-5,7,9,14H,1-2,6,8H2,(H,13,15). The molecular weight excluding hydrogens is 222 g/mol. The first-order valence-electron chi connectivity index (χ1n) is 5.60. The molecule has 5 heteroatoms. The third-order valence-corrected chi connectivity index (χ3v) is 2.49. The number of allylic oxidation sites excluding steroid dienone is 1. The molecule has 0 fully saturated rings. The maximum Gasteiger partial charge on any atom is 0.286 e. The van der Waals surface area contributed by atoms with Crippen molar-refractivity contribution in [3.63, 3.8) is 0 Å². The Morgan fingerprint density at radius 3 is 3.12 bits per heavy atom. The number of rotatable bonds is 4. The fourth-order valence-corrected chi connectivity index (χ4v) is 1.57. The van der Waals surface area contributed by atoms with Gasteiger partial charge in [-0.3, -0.25) is 4.79 Å². The van der Waals surface area contributed by atoms with Gasteiger partial charge in [-0.1, -0.05) is 0 Å². The molecule has 1 aromatic rings. The van der Waals surface area contributed by atoms with E-state index >= 15 is 0 Å². The molecule has 0 spiro atoms. The molecule has 0 saturated carbocycles. The molecule has 2 N–H and O–H groups in total. The van der Waals surface area contributed by atoms with Crippen LogP contribution in [0.1, 0.15) is 24.7 Å². The van der Waals surface area contributed by atoms with Crippen LogP contribution in [0, 0.1) is 0 Å². The molecule has 1 atom stereocenters. The van der Waals surface area contributed by atoms with Gasteiger partial charge in [0, 0.05) is 0 Å². The van der Waals surface area contributed by atoms with E-state index in [-0.39, 0.29) is 12.5 Å². The van der Waals surface area contributed by atoms with Crippen LogP contribution in [-0.2, 0) is 9.53 Å². The van der Waals surface area contributed by atoms with Gasteiger partial charge in [-0.05, 0) is 31.1 Å². The predicted octanol–water partition coefficient (Wildman–Crippen LogP) is 1.12. The molecule has 1 aliphatic rings. The van der Waals surface area contributed by atoms with Crippen LogP contribution in [0.4, 0.5) is 0 Å². The molecule has 0 radical (unpaired) electrons. The number of carbonyl (C=O) groups excluding carboxylic acids is 1. The molecule has 1 aliphatic heterocycles. The molecule has 92 valence electrons. The van der Waals surface area contributed by atoms with Crippen molar-refractivity contribution in [1.82, 2.24) is 5.32 Å². The number of hydrogen-bond donors (Lipinski definition) is 2. The molecule has 0 saturated heterocycles. The summed E-state index contributed by atoms with van der Waals surface area (Å²) < 4.78 is 10.2. The minimum atomic E-state index is -0.835. The van der Waals surface area contributed by atoms with Crippen molar-refractivity contribution in [2.45, 2.75) is 18.9 Å². The number of carbonyl (C=O) groups is 1. The fourth-order valence-electron chi connectivity index (χ4n) is 1.57. The number of nitrogens with one attached hydrogen (secondary N) is 1. The number of hydrogen-bond acceptors (Lipinski definition) is 4. The van der Waals surface area contributed by atoms with Gasteiger partial charge in [0.25, 0.3) is 5.91 Å². The van der Waals surface area contributed by atoms with Crippen LogP contribution in [0.15, 0.2) is 34.6 Å². The lowest BCUT2D eigenvalue weighted by molar-refractivity contribution is -0.121. The van der Waals surface area contributed by atoms with Crippen LogP contribution >= 0.6 is 0 Å². The molecule has 1 aromatic heterocycles. The van der Waals surface area contributed by atoms with Crippen molar-refractivity contribution >= 4 is 5.91 Å². The summed E-state index contributed by atoms with van der Waals surface area (Å²) in [6, 6.07) is 3.35. The van der Waals surface area contributed by atoms with Crippen LogP contribution < -0.4 is 5.32 Å². The van der Waals surface area contributed by atoms with E-state index in [4.69, 9.17) is 9.15 Å². The van der Waals surface area contributed by atoms with E-state index in [0.717, 1.165) is 12.8 Å². The molecule has 17 heavy (non-hydrogen) atoms. The highest BCUT2D eigenvalue weighted by Crippen LogP contribution is 2.13. The van der Waals surface area contributed by atoms with Crippen molar-refractivity contribution < 1.29 is 19.1 Å². The second-order valence-electron chi connectivity index (χ2n) is 3.80. The zero-order chi connectivity index (χ0) is 12.1. The number of furan rings is 1. The Bertz CT molecular complexity index is 397. The van der Waals surface area contributed by atoms with Crippen molar-refractivity contribution in [3.8, 4) is 0 Å². The second kappa shape index (κ2) is 5.54. The summed E-state index contributed by atoms with van der Waals surface area (Å²) in [5.74, 6) is 0.474. The van der Waals surface area contributed by atoms with Crippen LogP contribution in [-0.4, -0.2) is 24.2 Å². The van der Waals surface area contributed by atoms with Gasteiger partial charge in [-0.2, -0.15) is 0 Å². The zero-order valence-electron chi connectivity index (χ0n) is 9.39. The topological polar surface area (TPSA) is 71.7 Å². The number of ether oxygens (including phenoxy) is 1. The quantitative estimate of drug-likeness (QED) is 0.823. The van der Waals surface area contributed by atoms with Gasteiger partial charge in [0.1, 0.15) is 11.9 Å². The van der Waals surface area contributed by atoms with Crippen LogP contribution in [0.25, 0.3) is 0 Å². The first-order valence-corrected chi connectivity index (χ1v) is 5.60. The van der Waals surface area contributed by atoms with E-state index in [1.54, 1.807) is 18.2 Å². The molecule has 1 amide bonds. The number of aliphatic hydroxyl groups excluding tert-OH is 1. The Hall–Kier alpha value is -1.75. The smallest absolute Gasteiger partial charge is 0.286 e. The summed E-state index contributed by atoms with van der Waals surface area (Å²) in [6.07, 6.45) is 4.19. The summed E-state index contributed by atoms with van der Waals surface area (Å²) in [5.41, 5.74) is 0. The van der Waals surface area contributed by atoms with Gasteiger partial charge in [0.15, 0.2) is 5.76 Å². The highest BCUT2D eigenvalue weighted by atomic mass is 16.5. The SMILES string of the molecule is O=C(NCC(O)c1ccco1)C1=CCCCO1. The Balaban J connectivity index is 1.82. The maximum atomic E-state index is 11.6. The molecule has 0 aromatic carbocycles. The van der Waals surface area contributed by atoms with Crippen molar-refractivity contribution in [2.75, 3.05) is 13.2 Å². The third kappa shape index (κ3) is 3.10. The van der Waals surface area contributed by atoms with Gasteiger partial charge < -0.3 is 19.6 Å².